The van der Waals surface area contributed by atoms with Gasteiger partial charge in [0.1, 0.15) is 5.52 Å². The van der Waals surface area contributed by atoms with E-state index in [-0.39, 0.29) is 0 Å². The van der Waals surface area contributed by atoms with Gasteiger partial charge < -0.3 is 25.1 Å². The number of nitrogens with two attached hydrogens (primary N) is 1. The summed E-state index contributed by atoms with van der Waals surface area (Å²) >= 11 is 0. The van der Waals surface area contributed by atoms with Crippen LogP contribution in [0.25, 0.3) is 11.1 Å². The maximum Gasteiger partial charge on any atom is 0.295 e. The highest BCUT2D eigenvalue weighted by atomic mass is 16.5. The summed E-state index contributed by atoms with van der Waals surface area (Å²) in [5, 5.41) is 3.16. The highest BCUT2D eigenvalue weighted by molar-refractivity contribution is 5.78. The molecule has 0 fully saturated rings. The SMILES string of the molecule is COCCN(C)CCNc1nc2cc(N)ccc2o1. The van der Waals surface area contributed by atoms with Crippen LogP contribution in [0.4, 0.5) is 11.7 Å². The summed E-state index contributed by atoms with van der Waals surface area (Å²) in [5.41, 5.74) is 7.90. The van der Waals surface area contributed by atoms with E-state index in [1.165, 1.54) is 0 Å². The molecule has 2 aromatic rings. The summed E-state index contributed by atoms with van der Waals surface area (Å²) in [4.78, 5) is 6.51. The van der Waals surface area contributed by atoms with E-state index in [9.17, 15) is 0 Å². The summed E-state index contributed by atoms with van der Waals surface area (Å²) in [7, 11) is 3.75. The minimum Gasteiger partial charge on any atom is -0.424 e. The number of hydrogen-bond donors (Lipinski definition) is 2. The molecule has 0 amide bonds. The maximum absolute atomic E-state index is 5.70. The standard InChI is InChI=1S/C13H20N4O2/c1-17(7-8-18-2)6-5-15-13-16-11-9-10(14)3-4-12(11)19-13/h3-4,9H,5-8,14H2,1-2H3,(H,15,16). The lowest BCUT2D eigenvalue weighted by atomic mass is 10.3. The molecule has 0 atom stereocenters. The first-order chi connectivity index (χ1) is 9.19. The van der Waals surface area contributed by atoms with E-state index < -0.39 is 0 Å². The number of oxazole rings is 1. The second kappa shape index (κ2) is 6.40. The van der Waals surface area contributed by atoms with E-state index in [1.54, 1.807) is 19.2 Å². The molecule has 0 aliphatic heterocycles. The molecule has 0 saturated carbocycles. The Morgan fingerprint density at radius 3 is 3.05 bits per heavy atom. The Morgan fingerprint density at radius 1 is 1.42 bits per heavy atom. The third-order valence-electron chi connectivity index (χ3n) is 2.86. The number of nitrogens with zero attached hydrogens (tertiary/aromatic N) is 2. The lowest BCUT2D eigenvalue weighted by molar-refractivity contribution is 0.163. The van der Waals surface area contributed by atoms with Crippen molar-refractivity contribution in [2.75, 3.05) is 51.4 Å². The molecule has 1 aromatic heterocycles. The van der Waals surface area contributed by atoms with Crippen LogP contribution < -0.4 is 11.1 Å². The fourth-order valence-electron chi connectivity index (χ4n) is 1.73. The summed E-state index contributed by atoms with van der Waals surface area (Å²) in [5.74, 6) is 0. The monoisotopic (exact) mass is 264 g/mol. The van der Waals surface area contributed by atoms with Gasteiger partial charge in [-0.2, -0.15) is 4.98 Å². The van der Waals surface area contributed by atoms with Gasteiger partial charge in [0.05, 0.1) is 6.61 Å². The lowest BCUT2D eigenvalue weighted by Crippen LogP contribution is -2.28. The van der Waals surface area contributed by atoms with Crippen molar-refractivity contribution >= 4 is 22.8 Å². The van der Waals surface area contributed by atoms with Crippen LogP contribution in [0.15, 0.2) is 22.6 Å². The first kappa shape index (κ1) is 13.6. The van der Waals surface area contributed by atoms with Crippen molar-refractivity contribution in [3.63, 3.8) is 0 Å². The van der Waals surface area contributed by atoms with Crippen LogP contribution in [0.2, 0.25) is 0 Å². The maximum atomic E-state index is 5.70. The van der Waals surface area contributed by atoms with Gasteiger partial charge in [-0.25, -0.2) is 0 Å². The molecule has 0 aliphatic rings. The van der Waals surface area contributed by atoms with Crippen LogP contribution in [0.5, 0.6) is 0 Å². The molecule has 0 bridgehead atoms. The number of nitrogens with one attached hydrogen (secondary N) is 1. The zero-order valence-electron chi connectivity index (χ0n) is 11.3. The van der Waals surface area contributed by atoms with Crippen LogP contribution in [0.3, 0.4) is 0 Å². The van der Waals surface area contributed by atoms with E-state index >= 15 is 0 Å². The first-order valence-electron chi connectivity index (χ1n) is 6.26. The Hall–Kier alpha value is -1.79. The molecule has 19 heavy (non-hydrogen) atoms. The summed E-state index contributed by atoms with van der Waals surface area (Å²) in [6.07, 6.45) is 0. The molecule has 3 N–H and O–H groups in total. The van der Waals surface area contributed by atoms with Crippen LogP contribution in [0, 0.1) is 0 Å². The average Bonchev–Trinajstić information content (AvgIpc) is 2.78. The van der Waals surface area contributed by atoms with Crippen LogP contribution in [0.1, 0.15) is 0 Å². The Balaban J connectivity index is 1.84. The van der Waals surface area contributed by atoms with Gasteiger partial charge in [0, 0.05) is 32.4 Å². The molecule has 0 aliphatic carbocycles. The van der Waals surface area contributed by atoms with Gasteiger partial charge in [-0.1, -0.05) is 0 Å². The summed E-state index contributed by atoms with van der Waals surface area (Å²) in [6.45, 7) is 3.30. The van der Waals surface area contributed by atoms with Gasteiger partial charge in [-0.3, -0.25) is 0 Å². The van der Waals surface area contributed by atoms with E-state index in [0.717, 1.165) is 37.3 Å². The molecule has 0 radical (unpaired) electrons. The number of aromatic nitrogens is 1. The van der Waals surface area contributed by atoms with Crippen molar-refractivity contribution in [1.29, 1.82) is 0 Å². The Morgan fingerprint density at radius 2 is 2.26 bits per heavy atom. The Bertz CT molecular complexity index is 526. The quantitative estimate of drug-likeness (QED) is 0.736. The number of likely N-dealkylation sites (N-methyl/N-ethyl adjacent to an activating group) is 1. The van der Waals surface area contributed by atoms with E-state index in [0.29, 0.717) is 11.7 Å². The molecular weight excluding hydrogens is 244 g/mol. The van der Waals surface area contributed by atoms with Crippen molar-refractivity contribution in [2.24, 2.45) is 0 Å². The molecule has 2 rings (SSSR count). The number of fused-ring (bicyclic) bond motifs is 1. The molecule has 104 valence electrons. The number of anilines is 2. The predicted molar refractivity (Wildman–Crippen MR) is 76.3 cm³/mol. The number of hydrogen-bond acceptors (Lipinski definition) is 6. The number of ether oxygens (including phenoxy) is 1. The number of benzene rings is 1. The molecule has 1 heterocycles. The van der Waals surface area contributed by atoms with Crippen molar-refractivity contribution in [3.05, 3.63) is 18.2 Å². The van der Waals surface area contributed by atoms with Gasteiger partial charge >= 0.3 is 0 Å². The number of methoxy groups -OCH3 is 1. The average molecular weight is 264 g/mol. The van der Waals surface area contributed by atoms with Gasteiger partial charge in [0.15, 0.2) is 5.58 Å². The second-order valence-electron chi connectivity index (χ2n) is 4.47. The molecule has 6 nitrogen and oxygen atoms in total. The summed E-state index contributed by atoms with van der Waals surface area (Å²) in [6, 6.07) is 5.96. The van der Waals surface area contributed by atoms with Crippen LogP contribution in [-0.4, -0.2) is 50.3 Å². The van der Waals surface area contributed by atoms with E-state index in [2.05, 4.69) is 15.2 Å². The second-order valence-corrected chi connectivity index (χ2v) is 4.47. The van der Waals surface area contributed by atoms with Crippen molar-refractivity contribution in [2.45, 2.75) is 0 Å². The Kier molecular flexibility index (Phi) is 4.59. The van der Waals surface area contributed by atoms with Crippen molar-refractivity contribution in [1.82, 2.24) is 9.88 Å². The molecular formula is C13H20N4O2. The van der Waals surface area contributed by atoms with Crippen molar-refractivity contribution in [3.8, 4) is 0 Å². The molecule has 6 heteroatoms. The molecule has 0 spiro atoms. The van der Waals surface area contributed by atoms with Gasteiger partial charge in [-0.05, 0) is 25.2 Å². The van der Waals surface area contributed by atoms with Gasteiger partial charge in [0.2, 0.25) is 0 Å². The molecule has 0 saturated heterocycles. The summed E-state index contributed by atoms with van der Waals surface area (Å²) < 4.78 is 10.6. The van der Waals surface area contributed by atoms with Crippen molar-refractivity contribution < 1.29 is 9.15 Å². The zero-order chi connectivity index (χ0) is 13.7. The number of nitrogen functional groups attached to an aromatic ring is 1. The number of rotatable bonds is 7. The lowest BCUT2D eigenvalue weighted by Gasteiger charge is -2.15. The fraction of sp³-hybridized carbons (Fsp3) is 0.462. The molecule has 0 unspecified atom stereocenters. The predicted octanol–water partition coefficient (Wildman–Crippen LogP) is 1.40. The largest absolute Gasteiger partial charge is 0.424 e. The Labute approximate surface area is 112 Å². The molecule has 1 aromatic carbocycles. The zero-order valence-corrected chi connectivity index (χ0v) is 11.3. The first-order valence-corrected chi connectivity index (χ1v) is 6.26. The van der Waals surface area contributed by atoms with Crippen LogP contribution in [-0.2, 0) is 4.74 Å². The minimum absolute atomic E-state index is 0.528. The smallest absolute Gasteiger partial charge is 0.295 e. The topological polar surface area (TPSA) is 76.5 Å². The highest BCUT2D eigenvalue weighted by Gasteiger charge is 2.05. The van der Waals surface area contributed by atoms with Gasteiger partial charge in [-0.15, -0.1) is 0 Å². The van der Waals surface area contributed by atoms with Gasteiger partial charge in [0.25, 0.3) is 6.01 Å². The third kappa shape index (κ3) is 3.84. The van der Waals surface area contributed by atoms with E-state index in [4.69, 9.17) is 14.9 Å². The normalized spacial score (nSPS) is 11.3. The highest BCUT2D eigenvalue weighted by Crippen LogP contribution is 2.20. The van der Waals surface area contributed by atoms with E-state index in [1.807, 2.05) is 13.1 Å². The van der Waals surface area contributed by atoms with Crippen LogP contribution >= 0.6 is 0 Å². The third-order valence-corrected chi connectivity index (χ3v) is 2.86. The minimum atomic E-state index is 0.528. The fourth-order valence-corrected chi connectivity index (χ4v) is 1.73.